The summed E-state index contributed by atoms with van der Waals surface area (Å²) in [5.74, 6) is 0.948. The van der Waals surface area contributed by atoms with Crippen molar-refractivity contribution in [1.29, 1.82) is 0 Å². The molecule has 0 saturated carbocycles. The van der Waals surface area contributed by atoms with Gasteiger partial charge in [0.15, 0.2) is 0 Å². The minimum Gasteiger partial charge on any atom is -0.357 e. The number of aromatic nitrogens is 2. The molecule has 3 rings (SSSR count). The minimum atomic E-state index is 0.334. The maximum Gasteiger partial charge on any atom is 0.225 e. The molecule has 4 nitrogen and oxygen atoms in total. The van der Waals surface area contributed by atoms with Crippen molar-refractivity contribution in [3.8, 4) is 0 Å². The summed E-state index contributed by atoms with van der Waals surface area (Å²) in [6, 6.07) is 2.70. The van der Waals surface area contributed by atoms with E-state index in [0.29, 0.717) is 11.3 Å². The first kappa shape index (κ1) is 14.0. The molecule has 1 unspecified atom stereocenters. The number of likely N-dealkylation sites (tertiary alicyclic amines) is 1. The summed E-state index contributed by atoms with van der Waals surface area (Å²) in [7, 11) is 2.10. The molecule has 0 aromatic carbocycles. The van der Waals surface area contributed by atoms with E-state index in [0.717, 1.165) is 29.1 Å². The van der Waals surface area contributed by atoms with Crippen LogP contribution >= 0.6 is 22.9 Å². The molecule has 1 atom stereocenters. The highest BCUT2D eigenvalue weighted by atomic mass is 35.5. The van der Waals surface area contributed by atoms with Crippen LogP contribution in [0.2, 0.25) is 5.28 Å². The maximum absolute atomic E-state index is 6.04. The second-order valence-corrected chi connectivity index (χ2v) is 6.49. The maximum atomic E-state index is 6.04. The normalized spacial score (nSPS) is 19.9. The lowest BCUT2D eigenvalue weighted by atomic mass is 10.2. The molecule has 0 aliphatic carbocycles. The number of hydrogen-bond acceptors (Lipinski definition) is 5. The predicted molar refractivity (Wildman–Crippen MR) is 86.0 cm³/mol. The number of rotatable bonds is 4. The van der Waals surface area contributed by atoms with Gasteiger partial charge in [0, 0.05) is 19.6 Å². The van der Waals surface area contributed by atoms with Crippen molar-refractivity contribution in [1.82, 2.24) is 14.9 Å². The van der Waals surface area contributed by atoms with Crippen molar-refractivity contribution < 1.29 is 0 Å². The molecule has 0 bridgehead atoms. The van der Waals surface area contributed by atoms with Gasteiger partial charge in [-0.1, -0.05) is 6.92 Å². The SMILES string of the molecule is CCN1CCCC1CN(C)c1nc(Cl)nc2sccc12. The zero-order valence-electron chi connectivity index (χ0n) is 11.8. The summed E-state index contributed by atoms with van der Waals surface area (Å²) < 4.78 is 0. The van der Waals surface area contributed by atoms with Gasteiger partial charge in [0.2, 0.25) is 5.28 Å². The van der Waals surface area contributed by atoms with Crippen LogP contribution in [-0.4, -0.2) is 47.6 Å². The van der Waals surface area contributed by atoms with Crippen molar-refractivity contribution in [3.63, 3.8) is 0 Å². The third kappa shape index (κ3) is 2.62. The van der Waals surface area contributed by atoms with E-state index < -0.39 is 0 Å². The molecule has 1 aliphatic heterocycles. The summed E-state index contributed by atoms with van der Waals surface area (Å²) in [4.78, 5) is 14.4. The highest BCUT2D eigenvalue weighted by molar-refractivity contribution is 7.16. The average molecular weight is 311 g/mol. The molecule has 20 heavy (non-hydrogen) atoms. The van der Waals surface area contributed by atoms with E-state index in [4.69, 9.17) is 11.6 Å². The summed E-state index contributed by atoms with van der Waals surface area (Å²) >= 11 is 7.65. The number of nitrogens with zero attached hydrogens (tertiary/aromatic N) is 4. The lowest BCUT2D eigenvalue weighted by molar-refractivity contribution is 0.270. The topological polar surface area (TPSA) is 32.3 Å². The lowest BCUT2D eigenvalue weighted by Crippen LogP contribution is -2.39. The van der Waals surface area contributed by atoms with Crippen molar-refractivity contribution in [3.05, 3.63) is 16.7 Å². The van der Waals surface area contributed by atoms with Crippen LogP contribution in [0.25, 0.3) is 10.2 Å². The molecule has 6 heteroatoms. The molecular weight excluding hydrogens is 292 g/mol. The van der Waals surface area contributed by atoms with Gasteiger partial charge in [0.25, 0.3) is 0 Å². The van der Waals surface area contributed by atoms with Gasteiger partial charge >= 0.3 is 0 Å². The Labute approximate surface area is 128 Å². The average Bonchev–Trinajstić information content (AvgIpc) is 3.05. The number of fused-ring (bicyclic) bond motifs is 1. The molecule has 0 spiro atoms. The molecule has 0 radical (unpaired) electrons. The Balaban J connectivity index is 1.85. The zero-order chi connectivity index (χ0) is 14.1. The van der Waals surface area contributed by atoms with E-state index in [-0.39, 0.29) is 0 Å². The zero-order valence-corrected chi connectivity index (χ0v) is 13.4. The fraction of sp³-hybridized carbons (Fsp3) is 0.571. The number of anilines is 1. The van der Waals surface area contributed by atoms with E-state index in [1.165, 1.54) is 19.4 Å². The minimum absolute atomic E-state index is 0.334. The number of hydrogen-bond donors (Lipinski definition) is 0. The fourth-order valence-electron chi connectivity index (χ4n) is 3.03. The van der Waals surface area contributed by atoms with Gasteiger partial charge in [0.05, 0.1) is 5.39 Å². The summed E-state index contributed by atoms with van der Waals surface area (Å²) in [6.45, 7) is 5.56. The van der Waals surface area contributed by atoms with Gasteiger partial charge in [-0.25, -0.2) is 4.98 Å². The van der Waals surface area contributed by atoms with Crippen LogP contribution in [0.5, 0.6) is 0 Å². The third-order valence-corrected chi connectivity index (χ3v) is 5.00. The van der Waals surface area contributed by atoms with E-state index >= 15 is 0 Å². The highest BCUT2D eigenvalue weighted by Crippen LogP contribution is 2.29. The van der Waals surface area contributed by atoms with Gasteiger partial charge in [-0.15, -0.1) is 11.3 Å². The molecule has 1 fully saturated rings. The summed E-state index contributed by atoms with van der Waals surface area (Å²) in [5.41, 5.74) is 0. The van der Waals surface area contributed by atoms with Gasteiger partial charge < -0.3 is 4.90 Å². The molecule has 2 aromatic heterocycles. The number of thiophene rings is 1. The van der Waals surface area contributed by atoms with Gasteiger partial charge in [0.1, 0.15) is 10.6 Å². The number of likely N-dealkylation sites (N-methyl/N-ethyl adjacent to an activating group) is 2. The lowest BCUT2D eigenvalue weighted by Gasteiger charge is -2.28. The monoisotopic (exact) mass is 310 g/mol. The second-order valence-electron chi connectivity index (χ2n) is 5.26. The predicted octanol–water partition coefficient (Wildman–Crippen LogP) is 3.27. The second kappa shape index (κ2) is 5.84. The Morgan fingerprint density at radius 3 is 3.15 bits per heavy atom. The van der Waals surface area contributed by atoms with Crippen LogP contribution < -0.4 is 4.90 Å². The first-order valence-corrected chi connectivity index (χ1v) is 8.30. The molecule has 0 N–H and O–H groups in total. The first-order chi connectivity index (χ1) is 9.69. The number of halogens is 1. The van der Waals surface area contributed by atoms with Crippen molar-refractivity contribution in [2.75, 3.05) is 31.6 Å². The Hall–Kier alpha value is -0.910. The molecule has 0 amide bonds. The van der Waals surface area contributed by atoms with Crippen molar-refractivity contribution in [2.45, 2.75) is 25.8 Å². The quantitative estimate of drug-likeness (QED) is 0.811. The Bertz CT molecular complexity index is 600. The molecule has 2 aromatic rings. The Morgan fingerprint density at radius 2 is 2.35 bits per heavy atom. The largest absolute Gasteiger partial charge is 0.357 e. The molecule has 1 aliphatic rings. The first-order valence-electron chi connectivity index (χ1n) is 7.05. The van der Waals surface area contributed by atoms with Crippen LogP contribution in [-0.2, 0) is 0 Å². The van der Waals surface area contributed by atoms with Crippen LogP contribution in [0.3, 0.4) is 0 Å². The Kier molecular flexibility index (Phi) is 4.10. The van der Waals surface area contributed by atoms with Crippen LogP contribution in [0.1, 0.15) is 19.8 Å². The molecule has 3 heterocycles. The summed E-state index contributed by atoms with van der Waals surface area (Å²) in [5, 5.41) is 3.48. The van der Waals surface area contributed by atoms with Gasteiger partial charge in [-0.3, -0.25) is 4.90 Å². The van der Waals surface area contributed by atoms with E-state index in [1.807, 2.05) is 5.38 Å². The molecule has 108 valence electrons. The van der Waals surface area contributed by atoms with Crippen LogP contribution in [0.15, 0.2) is 11.4 Å². The highest BCUT2D eigenvalue weighted by Gasteiger charge is 2.25. The van der Waals surface area contributed by atoms with E-state index in [2.05, 4.69) is 39.8 Å². The summed E-state index contributed by atoms with van der Waals surface area (Å²) in [6.07, 6.45) is 2.56. The molecule has 1 saturated heterocycles. The van der Waals surface area contributed by atoms with Crippen LogP contribution in [0, 0.1) is 0 Å². The Morgan fingerprint density at radius 1 is 1.50 bits per heavy atom. The fourth-order valence-corrected chi connectivity index (χ4v) is 4.00. The van der Waals surface area contributed by atoms with Gasteiger partial charge in [-0.05, 0) is 49.0 Å². The third-order valence-electron chi connectivity index (χ3n) is 4.03. The van der Waals surface area contributed by atoms with Crippen molar-refractivity contribution in [2.24, 2.45) is 0 Å². The van der Waals surface area contributed by atoms with Crippen molar-refractivity contribution >= 4 is 39.0 Å². The van der Waals surface area contributed by atoms with Crippen LogP contribution in [0.4, 0.5) is 5.82 Å². The smallest absolute Gasteiger partial charge is 0.225 e. The van der Waals surface area contributed by atoms with E-state index in [1.54, 1.807) is 11.3 Å². The van der Waals surface area contributed by atoms with E-state index in [9.17, 15) is 0 Å². The van der Waals surface area contributed by atoms with Gasteiger partial charge in [-0.2, -0.15) is 4.98 Å². The molecular formula is C14H19ClN4S. The standard InChI is InChI=1S/C14H19ClN4S/c1-3-19-7-4-5-10(19)9-18(2)12-11-6-8-20-13(11)17-14(15)16-12/h6,8,10H,3-5,7,9H2,1-2H3.